The van der Waals surface area contributed by atoms with Crippen LogP contribution in [0.15, 0.2) is 12.1 Å². The molecule has 0 fully saturated rings. The SMILES string of the molecule is CNc1ccc(OC)c(F)c1F. The van der Waals surface area contributed by atoms with Gasteiger partial charge in [-0.25, -0.2) is 4.39 Å². The second-order valence-corrected chi connectivity index (χ2v) is 2.19. The maximum atomic E-state index is 12.9. The number of ether oxygens (including phenoxy) is 1. The summed E-state index contributed by atoms with van der Waals surface area (Å²) in [7, 11) is 2.81. The Morgan fingerprint density at radius 2 is 1.92 bits per heavy atom. The van der Waals surface area contributed by atoms with E-state index in [1.54, 1.807) is 0 Å². The molecule has 0 amide bonds. The summed E-state index contributed by atoms with van der Waals surface area (Å²) < 4.78 is 30.4. The molecule has 1 N–H and O–H groups in total. The van der Waals surface area contributed by atoms with Crippen LogP contribution in [0, 0.1) is 11.6 Å². The van der Waals surface area contributed by atoms with E-state index < -0.39 is 11.6 Å². The molecule has 0 saturated carbocycles. The van der Waals surface area contributed by atoms with Crippen molar-refractivity contribution >= 4 is 5.69 Å². The number of nitrogens with one attached hydrogen (secondary N) is 1. The minimum Gasteiger partial charge on any atom is -0.494 e. The maximum absolute atomic E-state index is 12.9. The summed E-state index contributed by atoms with van der Waals surface area (Å²) in [5.74, 6) is -1.98. The zero-order chi connectivity index (χ0) is 9.14. The van der Waals surface area contributed by atoms with Crippen molar-refractivity contribution in [3.63, 3.8) is 0 Å². The largest absolute Gasteiger partial charge is 0.494 e. The van der Waals surface area contributed by atoms with Crippen molar-refractivity contribution in [3.05, 3.63) is 23.8 Å². The van der Waals surface area contributed by atoms with Gasteiger partial charge in [0.25, 0.3) is 0 Å². The lowest BCUT2D eigenvalue weighted by molar-refractivity contribution is 0.372. The summed E-state index contributed by atoms with van der Waals surface area (Å²) >= 11 is 0. The van der Waals surface area contributed by atoms with Crippen LogP contribution in [0.4, 0.5) is 14.5 Å². The highest BCUT2D eigenvalue weighted by Gasteiger charge is 2.12. The number of benzene rings is 1. The number of rotatable bonds is 2. The summed E-state index contributed by atoms with van der Waals surface area (Å²) in [6.45, 7) is 0. The molecule has 0 aliphatic carbocycles. The molecule has 12 heavy (non-hydrogen) atoms. The zero-order valence-corrected chi connectivity index (χ0v) is 6.82. The first-order valence-electron chi connectivity index (χ1n) is 3.40. The highest BCUT2D eigenvalue weighted by atomic mass is 19.2. The lowest BCUT2D eigenvalue weighted by Gasteiger charge is -2.06. The van der Waals surface area contributed by atoms with E-state index in [4.69, 9.17) is 0 Å². The van der Waals surface area contributed by atoms with Crippen LogP contribution >= 0.6 is 0 Å². The Bertz CT molecular complexity index is 260. The fourth-order valence-corrected chi connectivity index (χ4v) is 0.882. The van der Waals surface area contributed by atoms with Crippen molar-refractivity contribution in [3.8, 4) is 5.75 Å². The number of anilines is 1. The van der Waals surface area contributed by atoms with Crippen LogP contribution in [0.2, 0.25) is 0 Å². The predicted molar refractivity (Wildman–Crippen MR) is 42.5 cm³/mol. The minimum atomic E-state index is -0.968. The van der Waals surface area contributed by atoms with Gasteiger partial charge in [-0.1, -0.05) is 0 Å². The highest BCUT2D eigenvalue weighted by Crippen LogP contribution is 2.24. The molecule has 0 saturated heterocycles. The van der Waals surface area contributed by atoms with Crippen molar-refractivity contribution in [2.75, 3.05) is 19.5 Å². The van der Waals surface area contributed by atoms with E-state index in [-0.39, 0.29) is 11.4 Å². The van der Waals surface area contributed by atoms with Crippen LogP contribution in [0.3, 0.4) is 0 Å². The fourth-order valence-electron chi connectivity index (χ4n) is 0.882. The van der Waals surface area contributed by atoms with Crippen molar-refractivity contribution in [1.29, 1.82) is 0 Å². The summed E-state index contributed by atoms with van der Waals surface area (Å²) in [5, 5.41) is 2.52. The van der Waals surface area contributed by atoms with Crippen LogP contribution in [0.5, 0.6) is 5.75 Å². The Morgan fingerprint density at radius 1 is 1.25 bits per heavy atom. The number of hydrogen-bond acceptors (Lipinski definition) is 2. The van der Waals surface area contributed by atoms with Crippen LogP contribution in [0.1, 0.15) is 0 Å². The van der Waals surface area contributed by atoms with Gasteiger partial charge in [0.1, 0.15) is 0 Å². The average molecular weight is 173 g/mol. The van der Waals surface area contributed by atoms with Gasteiger partial charge in [-0.3, -0.25) is 0 Å². The van der Waals surface area contributed by atoms with Crippen LogP contribution in [-0.4, -0.2) is 14.2 Å². The van der Waals surface area contributed by atoms with Gasteiger partial charge in [0, 0.05) is 7.05 Å². The Morgan fingerprint density at radius 3 is 2.42 bits per heavy atom. The Hall–Kier alpha value is -1.32. The molecule has 0 unspecified atom stereocenters. The van der Waals surface area contributed by atoms with Crippen molar-refractivity contribution in [2.45, 2.75) is 0 Å². The van der Waals surface area contributed by atoms with Gasteiger partial charge >= 0.3 is 0 Å². The van der Waals surface area contributed by atoms with Crippen molar-refractivity contribution in [2.24, 2.45) is 0 Å². The Labute approximate surface area is 69.2 Å². The summed E-state index contributed by atoms with van der Waals surface area (Å²) in [5.41, 5.74) is 0.119. The van der Waals surface area contributed by atoms with Gasteiger partial charge in [-0.05, 0) is 12.1 Å². The van der Waals surface area contributed by atoms with Crippen LogP contribution < -0.4 is 10.1 Å². The first kappa shape index (κ1) is 8.77. The molecule has 0 aliphatic heterocycles. The van der Waals surface area contributed by atoms with Crippen LogP contribution in [0.25, 0.3) is 0 Å². The highest BCUT2D eigenvalue weighted by molar-refractivity contribution is 5.48. The molecule has 4 heteroatoms. The normalized spacial score (nSPS) is 9.67. The zero-order valence-electron chi connectivity index (χ0n) is 6.82. The van der Waals surface area contributed by atoms with E-state index in [1.807, 2.05) is 0 Å². The van der Waals surface area contributed by atoms with Crippen molar-refractivity contribution < 1.29 is 13.5 Å². The molecule has 1 aromatic rings. The summed E-state index contributed by atoms with van der Waals surface area (Å²) in [6.07, 6.45) is 0. The van der Waals surface area contributed by atoms with E-state index in [9.17, 15) is 8.78 Å². The van der Waals surface area contributed by atoms with Gasteiger partial charge in [0.2, 0.25) is 5.82 Å². The first-order valence-corrected chi connectivity index (χ1v) is 3.40. The molecule has 66 valence electrons. The minimum absolute atomic E-state index is 0.0912. The molecule has 1 rings (SSSR count). The van der Waals surface area contributed by atoms with E-state index in [1.165, 1.54) is 26.3 Å². The van der Waals surface area contributed by atoms with E-state index >= 15 is 0 Å². The lowest BCUT2D eigenvalue weighted by Crippen LogP contribution is -1.97. The first-order chi connectivity index (χ1) is 5.70. The predicted octanol–water partition coefficient (Wildman–Crippen LogP) is 2.02. The van der Waals surface area contributed by atoms with Gasteiger partial charge in [0.05, 0.1) is 12.8 Å². The maximum Gasteiger partial charge on any atom is 0.202 e. The van der Waals surface area contributed by atoms with E-state index in [0.717, 1.165) is 0 Å². The topological polar surface area (TPSA) is 21.3 Å². The summed E-state index contributed by atoms with van der Waals surface area (Å²) in [6, 6.07) is 2.78. The van der Waals surface area contributed by atoms with Crippen molar-refractivity contribution in [1.82, 2.24) is 0 Å². The average Bonchev–Trinajstić information content (AvgIpc) is 2.10. The smallest absolute Gasteiger partial charge is 0.202 e. The Kier molecular flexibility index (Phi) is 2.47. The molecule has 2 nitrogen and oxygen atoms in total. The molecule has 0 bridgehead atoms. The summed E-state index contributed by atoms with van der Waals surface area (Å²) in [4.78, 5) is 0. The molecule has 0 aromatic heterocycles. The molecule has 0 spiro atoms. The van der Waals surface area contributed by atoms with Gasteiger partial charge in [0.15, 0.2) is 11.6 Å². The third-order valence-corrected chi connectivity index (χ3v) is 1.54. The third-order valence-electron chi connectivity index (χ3n) is 1.54. The fraction of sp³-hybridized carbons (Fsp3) is 0.250. The molecule has 0 atom stereocenters. The number of methoxy groups -OCH3 is 1. The van der Waals surface area contributed by atoms with Crippen LogP contribution in [-0.2, 0) is 0 Å². The molecular weight excluding hydrogens is 164 g/mol. The second-order valence-electron chi connectivity index (χ2n) is 2.19. The third kappa shape index (κ3) is 1.32. The van der Waals surface area contributed by atoms with E-state index in [0.29, 0.717) is 0 Å². The Balaban J connectivity index is 3.20. The van der Waals surface area contributed by atoms with Gasteiger partial charge in [-0.2, -0.15) is 4.39 Å². The monoisotopic (exact) mass is 173 g/mol. The van der Waals surface area contributed by atoms with Gasteiger partial charge < -0.3 is 10.1 Å². The lowest BCUT2D eigenvalue weighted by atomic mass is 10.2. The second kappa shape index (κ2) is 3.38. The van der Waals surface area contributed by atoms with E-state index in [2.05, 4.69) is 10.1 Å². The van der Waals surface area contributed by atoms with Gasteiger partial charge in [-0.15, -0.1) is 0 Å². The number of halogens is 2. The quantitative estimate of drug-likeness (QED) is 0.738. The standard InChI is InChI=1S/C8H9F2NO/c1-11-5-3-4-6(12-2)8(10)7(5)9/h3-4,11H,1-2H3. The molecule has 0 aliphatic rings. The number of hydrogen-bond donors (Lipinski definition) is 1. The molecular formula is C8H9F2NO. The molecule has 0 radical (unpaired) electrons. The molecule has 1 aromatic carbocycles. The molecule has 0 heterocycles.